The van der Waals surface area contributed by atoms with E-state index in [4.69, 9.17) is 11.6 Å². The molecule has 0 atom stereocenters. The maximum absolute atomic E-state index is 12.3. The first-order valence-electron chi connectivity index (χ1n) is 9.30. The van der Waals surface area contributed by atoms with Gasteiger partial charge in [0.05, 0.1) is 6.42 Å². The highest BCUT2D eigenvalue weighted by Gasteiger charge is 2.23. The molecule has 6 nitrogen and oxygen atoms in total. The smallest absolute Gasteiger partial charge is 0.224 e. The van der Waals surface area contributed by atoms with Crippen LogP contribution in [0.1, 0.15) is 31.2 Å². The highest BCUT2D eigenvalue weighted by Crippen LogP contribution is 2.22. The number of nitrogens with zero attached hydrogens (tertiary/aromatic N) is 3. The molecule has 1 aliphatic rings. The van der Waals surface area contributed by atoms with Gasteiger partial charge in [-0.25, -0.2) is 4.98 Å². The summed E-state index contributed by atoms with van der Waals surface area (Å²) in [4.78, 5) is 23.0. The molecule has 1 fully saturated rings. The first kappa shape index (κ1) is 19.4. The summed E-state index contributed by atoms with van der Waals surface area (Å²) in [6, 6.07) is 9.87. The molecule has 0 saturated heterocycles. The molecule has 0 bridgehead atoms. The summed E-state index contributed by atoms with van der Waals surface area (Å²) in [6.07, 6.45) is 6.05. The van der Waals surface area contributed by atoms with Crippen LogP contribution in [0.15, 0.2) is 36.5 Å². The van der Waals surface area contributed by atoms with Gasteiger partial charge >= 0.3 is 0 Å². The molecular weight excluding hydrogens is 362 g/mol. The van der Waals surface area contributed by atoms with Gasteiger partial charge in [-0.3, -0.25) is 4.79 Å². The summed E-state index contributed by atoms with van der Waals surface area (Å²) in [5.41, 5.74) is 0.977. The second-order valence-corrected chi connectivity index (χ2v) is 7.63. The van der Waals surface area contributed by atoms with E-state index in [0.717, 1.165) is 37.1 Å². The number of amides is 1. The van der Waals surface area contributed by atoms with Crippen LogP contribution in [0.3, 0.4) is 0 Å². The van der Waals surface area contributed by atoms with E-state index in [1.807, 2.05) is 49.3 Å². The lowest BCUT2D eigenvalue weighted by atomic mass is 9.91. The van der Waals surface area contributed by atoms with E-state index in [1.54, 1.807) is 6.20 Å². The highest BCUT2D eigenvalue weighted by molar-refractivity contribution is 6.30. The van der Waals surface area contributed by atoms with Crippen LogP contribution >= 0.6 is 11.6 Å². The Hall–Kier alpha value is -2.34. The molecule has 1 aromatic heterocycles. The van der Waals surface area contributed by atoms with Crippen LogP contribution in [0, 0.1) is 0 Å². The van der Waals surface area contributed by atoms with Gasteiger partial charge in [0.15, 0.2) is 0 Å². The zero-order chi connectivity index (χ0) is 19.2. The topological polar surface area (TPSA) is 70.2 Å². The van der Waals surface area contributed by atoms with E-state index < -0.39 is 0 Å². The van der Waals surface area contributed by atoms with Crippen molar-refractivity contribution in [3.8, 4) is 0 Å². The van der Waals surface area contributed by atoms with Crippen molar-refractivity contribution in [1.29, 1.82) is 0 Å². The van der Waals surface area contributed by atoms with Crippen LogP contribution in [0.2, 0.25) is 5.02 Å². The summed E-state index contributed by atoms with van der Waals surface area (Å²) in [6.45, 7) is 0. The molecule has 0 aliphatic heterocycles. The van der Waals surface area contributed by atoms with E-state index in [1.165, 1.54) is 0 Å². The molecule has 1 saturated carbocycles. The van der Waals surface area contributed by atoms with Gasteiger partial charge in [-0.05, 0) is 49.4 Å². The lowest BCUT2D eigenvalue weighted by molar-refractivity contribution is -0.121. The molecule has 1 amide bonds. The Morgan fingerprint density at radius 2 is 1.78 bits per heavy atom. The van der Waals surface area contributed by atoms with Crippen molar-refractivity contribution in [2.75, 3.05) is 24.3 Å². The predicted octanol–water partition coefficient (Wildman–Crippen LogP) is 3.28. The SMILES string of the molecule is CN(C)c1ccnc(N[C@H]2CC[C@@H](NC(=O)Cc3ccc(Cl)cc3)CC2)n1. The minimum absolute atomic E-state index is 0.0655. The van der Waals surface area contributed by atoms with E-state index in [0.29, 0.717) is 23.4 Å². The number of carbonyl (C=O) groups is 1. The molecule has 27 heavy (non-hydrogen) atoms. The van der Waals surface area contributed by atoms with Crippen molar-refractivity contribution in [2.24, 2.45) is 0 Å². The number of aromatic nitrogens is 2. The first-order valence-corrected chi connectivity index (χ1v) is 9.68. The average molecular weight is 388 g/mol. The van der Waals surface area contributed by atoms with Crippen molar-refractivity contribution >= 4 is 29.3 Å². The number of nitrogens with one attached hydrogen (secondary N) is 2. The summed E-state index contributed by atoms with van der Waals surface area (Å²) in [7, 11) is 3.92. The number of rotatable bonds is 6. The van der Waals surface area contributed by atoms with Crippen molar-refractivity contribution in [3.63, 3.8) is 0 Å². The molecule has 1 aliphatic carbocycles. The summed E-state index contributed by atoms with van der Waals surface area (Å²) < 4.78 is 0. The second-order valence-electron chi connectivity index (χ2n) is 7.20. The number of anilines is 2. The third kappa shape index (κ3) is 5.82. The standard InChI is InChI=1S/C20H26ClN5O/c1-26(2)18-11-12-22-20(25-18)24-17-9-7-16(8-10-17)23-19(27)13-14-3-5-15(21)6-4-14/h3-6,11-12,16-17H,7-10,13H2,1-2H3,(H,23,27)(H,22,24,25)/t16-,17+. The summed E-state index contributed by atoms with van der Waals surface area (Å²) in [5.74, 6) is 1.61. The Labute approximate surface area is 165 Å². The minimum Gasteiger partial charge on any atom is -0.363 e. The largest absolute Gasteiger partial charge is 0.363 e. The van der Waals surface area contributed by atoms with Crippen molar-refractivity contribution in [3.05, 3.63) is 47.1 Å². The Kier molecular flexibility index (Phi) is 6.50. The molecule has 0 unspecified atom stereocenters. The normalized spacial score (nSPS) is 19.4. The van der Waals surface area contributed by atoms with Gasteiger partial charge in [-0.2, -0.15) is 4.98 Å². The van der Waals surface area contributed by atoms with Crippen LogP contribution < -0.4 is 15.5 Å². The number of halogens is 1. The van der Waals surface area contributed by atoms with Crippen molar-refractivity contribution in [2.45, 2.75) is 44.2 Å². The zero-order valence-electron chi connectivity index (χ0n) is 15.8. The van der Waals surface area contributed by atoms with Crippen LogP contribution in [0.25, 0.3) is 0 Å². The average Bonchev–Trinajstić information content (AvgIpc) is 2.65. The maximum atomic E-state index is 12.3. The van der Waals surface area contributed by atoms with Crippen molar-refractivity contribution < 1.29 is 4.79 Å². The molecule has 0 spiro atoms. The van der Waals surface area contributed by atoms with Gasteiger partial charge in [-0.15, -0.1) is 0 Å². The summed E-state index contributed by atoms with van der Waals surface area (Å²) >= 11 is 5.88. The summed E-state index contributed by atoms with van der Waals surface area (Å²) in [5, 5.41) is 7.26. The molecule has 1 aromatic carbocycles. The van der Waals surface area contributed by atoms with Crippen LogP contribution in [0.5, 0.6) is 0 Å². The molecule has 3 rings (SSSR count). The van der Waals surface area contributed by atoms with Gasteiger partial charge in [0.25, 0.3) is 0 Å². The van der Waals surface area contributed by atoms with Gasteiger partial charge in [0, 0.05) is 37.4 Å². The Morgan fingerprint density at radius 1 is 1.11 bits per heavy atom. The molecule has 7 heteroatoms. The van der Waals surface area contributed by atoms with Crippen LogP contribution in [-0.2, 0) is 11.2 Å². The van der Waals surface area contributed by atoms with Crippen molar-refractivity contribution in [1.82, 2.24) is 15.3 Å². The maximum Gasteiger partial charge on any atom is 0.224 e. The van der Waals surface area contributed by atoms with E-state index in [9.17, 15) is 4.79 Å². The van der Waals surface area contributed by atoms with Gasteiger partial charge in [-0.1, -0.05) is 23.7 Å². The molecule has 0 radical (unpaired) electrons. The fraction of sp³-hybridized carbons (Fsp3) is 0.450. The van der Waals surface area contributed by atoms with Crippen LogP contribution in [0.4, 0.5) is 11.8 Å². The molecule has 144 valence electrons. The van der Waals surface area contributed by atoms with Crippen LogP contribution in [-0.4, -0.2) is 42.1 Å². The number of carbonyl (C=O) groups excluding carboxylic acids is 1. The Morgan fingerprint density at radius 3 is 2.44 bits per heavy atom. The van der Waals surface area contributed by atoms with E-state index >= 15 is 0 Å². The monoisotopic (exact) mass is 387 g/mol. The molecule has 2 N–H and O–H groups in total. The first-order chi connectivity index (χ1) is 13.0. The third-order valence-electron chi connectivity index (χ3n) is 4.80. The fourth-order valence-electron chi connectivity index (χ4n) is 3.30. The van der Waals surface area contributed by atoms with Gasteiger partial charge < -0.3 is 15.5 Å². The predicted molar refractivity (Wildman–Crippen MR) is 109 cm³/mol. The van der Waals surface area contributed by atoms with E-state index in [-0.39, 0.29) is 11.9 Å². The molecular formula is C20H26ClN5O. The number of benzene rings is 1. The molecule has 2 aromatic rings. The number of hydrogen-bond acceptors (Lipinski definition) is 5. The fourth-order valence-corrected chi connectivity index (χ4v) is 3.42. The Balaban J connectivity index is 1.44. The second kappa shape index (κ2) is 9.04. The molecule has 1 heterocycles. The number of hydrogen-bond donors (Lipinski definition) is 2. The lowest BCUT2D eigenvalue weighted by Crippen LogP contribution is -2.40. The van der Waals surface area contributed by atoms with Gasteiger partial charge in [0.2, 0.25) is 11.9 Å². The third-order valence-corrected chi connectivity index (χ3v) is 5.05. The minimum atomic E-state index is 0.0655. The van der Waals surface area contributed by atoms with Gasteiger partial charge in [0.1, 0.15) is 5.82 Å². The zero-order valence-corrected chi connectivity index (χ0v) is 16.5. The quantitative estimate of drug-likeness (QED) is 0.796. The lowest BCUT2D eigenvalue weighted by Gasteiger charge is -2.29. The van der Waals surface area contributed by atoms with E-state index in [2.05, 4.69) is 20.6 Å². The highest BCUT2D eigenvalue weighted by atomic mass is 35.5. The Bertz CT molecular complexity index is 757.